The lowest BCUT2D eigenvalue weighted by Gasteiger charge is -2.34. The maximum atomic E-state index is 12.9. The molecule has 1 aromatic carbocycles. The highest BCUT2D eigenvalue weighted by Gasteiger charge is 2.24. The summed E-state index contributed by atoms with van der Waals surface area (Å²) in [6.07, 6.45) is 5.06. The van der Waals surface area contributed by atoms with Crippen molar-refractivity contribution < 1.29 is 4.79 Å². The SMILES string of the molecule is Cc1ccc(Nc2nccc(C(=O)N3CCN(c4ncccn4)CC3)n2)cc1C. The van der Waals surface area contributed by atoms with Crippen molar-refractivity contribution in [3.63, 3.8) is 0 Å². The molecule has 3 heterocycles. The van der Waals surface area contributed by atoms with E-state index in [1.54, 1.807) is 30.7 Å². The summed E-state index contributed by atoms with van der Waals surface area (Å²) in [6.45, 7) is 6.70. The van der Waals surface area contributed by atoms with Crippen molar-refractivity contribution in [3.05, 3.63) is 65.7 Å². The van der Waals surface area contributed by atoms with Crippen LogP contribution in [0, 0.1) is 13.8 Å². The van der Waals surface area contributed by atoms with E-state index in [4.69, 9.17) is 0 Å². The minimum atomic E-state index is -0.0934. The summed E-state index contributed by atoms with van der Waals surface area (Å²) in [5, 5.41) is 3.18. The van der Waals surface area contributed by atoms with E-state index in [0.717, 1.165) is 5.69 Å². The van der Waals surface area contributed by atoms with Crippen molar-refractivity contribution in [1.82, 2.24) is 24.8 Å². The number of piperazine rings is 1. The monoisotopic (exact) mass is 389 g/mol. The molecule has 0 spiro atoms. The Hall–Kier alpha value is -3.55. The molecule has 8 heteroatoms. The van der Waals surface area contributed by atoms with E-state index in [9.17, 15) is 4.79 Å². The zero-order valence-electron chi connectivity index (χ0n) is 16.5. The lowest BCUT2D eigenvalue weighted by Crippen LogP contribution is -2.49. The van der Waals surface area contributed by atoms with Crippen LogP contribution in [-0.2, 0) is 0 Å². The van der Waals surface area contributed by atoms with E-state index in [1.165, 1.54) is 11.1 Å². The number of aryl methyl sites for hydroxylation is 2. The lowest BCUT2D eigenvalue weighted by atomic mass is 10.1. The third kappa shape index (κ3) is 4.31. The average molecular weight is 389 g/mol. The number of nitrogens with one attached hydrogen (secondary N) is 1. The molecule has 0 atom stereocenters. The predicted molar refractivity (Wildman–Crippen MR) is 111 cm³/mol. The van der Waals surface area contributed by atoms with Crippen LogP contribution in [0.15, 0.2) is 48.9 Å². The van der Waals surface area contributed by atoms with Gasteiger partial charge in [-0.2, -0.15) is 0 Å². The maximum Gasteiger partial charge on any atom is 0.272 e. The normalized spacial score (nSPS) is 14.0. The number of nitrogens with zero attached hydrogens (tertiary/aromatic N) is 6. The topological polar surface area (TPSA) is 87.1 Å². The van der Waals surface area contributed by atoms with Gasteiger partial charge in [-0.05, 0) is 49.2 Å². The number of benzene rings is 1. The van der Waals surface area contributed by atoms with Crippen LogP contribution in [-0.4, -0.2) is 56.9 Å². The van der Waals surface area contributed by atoms with Crippen molar-refractivity contribution >= 4 is 23.5 Å². The maximum absolute atomic E-state index is 12.9. The molecule has 2 aromatic heterocycles. The van der Waals surface area contributed by atoms with E-state index >= 15 is 0 Å². The number of aromatic nitrogens is 4. The summed E-state index contributed by atoms with van der Waals surface area (Å²) in [6, 6.07) is 9.51. The van der Waals surface area contributed by atoms with Crippen LogP contribution in [0.5, 0.6) is 0 Å². The Morgan fingerprint density at radius 1 is 0.931 bits per heavy atom. The van der Waals surface area contributed by atoms with Crippen molar-refractivity contribution in [2.24, 2.45) is 0 Å². The molecular weight excluding hydrogens is 366 g/mol. The van der Waals surface area contributed by atoms with Crippen LogP contribution in [0.25, 0.3) is 0 Å². The van der Waals surface area contributed by atoms with Gasteiger partial charge in [0, 0.05) is 50.5 Å². The number of hydrogen-bond acceptors (Lipinski definition) is 7. The molecule has 1 N–H and O–H groups in total. The number of carbonyl (C=O) groups is 1. The second-order valence-corrected chi connectivity index (χ2v) is 7.02. The van der Waals surface area contributed by atoms with Gasteiger partial charge in [0.05, 0.1) is 0 Å². The summed E-state index contributed by atoms with van der Waals surface area (Å²) >= 11 is 0. The highest BCUT2D eigenvalue weighted by atomic mass is 16.2. The molecule has 0 radical (unpaired) electrons. The van der Waals surface area contributed by atoms with Crippen LogP contribution in [0.4, 0.5) is 17.6 Å². The highest BCUT2D eigenvalue weighted by molar-refractivity contribution is 5.92. The zero-order valence-corrected chi connectivity index (χ0v) is 16.5. The first-order valence-corrected chi connectivity index (χ1v) is 9.59. The van der Waals surface area contributed by atoms with Crippen LogP contribution >= 0.6 is 0 Å². The van der Waals surface area contributed by atoms with E-state index in [-0.39, 0.29) is 5.91 Å². The molecule has 8 nitrogen and oxygen atoms in total. The van der Waals surface area contributed by atoms with Crippen LogP contribution in [0.3, 0.4) is 0 Å². The summed E-state index contributed by atoms with van der Waals surface area (Å²) < 4.78 is 0. The van der Waals surface area contributed by atoms with Gasteiger partial charge in [-0.25, -0.2) is 19.9 Å². The smallest absolute Gasteiger partial charge is 0.272 e. The average Bonchev–Trinajstić information content (AvgIpc) is 2.77. The van der Waals surface area contributed by atoms with Gasteiger partial charge < -0.3 is 15.1 Å². The molecule has 0 unspecified atom stereocenters. The number of anilines is 3. The number of amides is 1. The fourth-order valence-electron chi connectivity index (χ4n) is 3.21. The van der Waals surface area contributed by atoms with Gasteiger partial charge >= 0.3 is 0 Å². The van der Waals surface area contributed by atoms with Gasteiger partial charge in [-0.15, -0.1) is 0 Å². The van der Waals surface area contributed by atoms with E-state index in [2.05, 4.69) is 44.0 Å². The standard InChI is InChI=1S/C21H23N7O/c1-15-4-5-17(14-16(15)2)25-20-22-9-6-18(26-20)19(29)27-10-12-28(13-11-27)21-23-7-3-8-24-21/h3-9,14H,10-13H2,1-2H3,(H,22,25,26). The lowest BCUT2D eigenvalue weighted by molar-refractivity contribution is 0.0740. The van der Waals surface area contributed by atoms with Crippen LogP contribution in [0.1, 0.15) is 21.6 Å². The Bertz CT molecular complexity index is 1000. The molecule has 1 aliphatic rings. The third-order valence-electron chi connectivity index (χ3n) is 5.04. The summed E-state index contributed by atoms with van der Waals surface area (Å²) in [5.74, 6) is 1.01. The Morgan fingerprint density at radius 2 is 1.69 bits per heavy atom. The largest absolute Gasteiger partial charge is 0.337 e. The minimum absolute atomic E-state index is 0.0934. The zero-order chi connectivity index (χ0) is 20.2. The van der Waals surface area contributed by atoms with E-state index in [1.807, 2.05) is 23.1 Å². The van der Waals surface area contributed by atoms with Crippen LogP contribution < -0.4 is 10.2 Å². The quantitative estimate of drug-likeness (QED) is 0.734. The first-order chi connectivity index (χ1) is 14.1. The Balaban J connectivity index is 1.41. The summed E-state index contributed by atoms with van der Waals surface area (Å²) in [7, 11) is 0. The molecule has 29 heavy (non-hydrogen) atoms. The molecule has 1 aliphatic heterocycles. The molecule has 0 bridgehead atoms. The predicted octanol–water partition coefficient (Wildman–Crippen LogP) is 2.59. The van der Waals surface area contributed by atoms with Gasteiger partial charge in [0.2, 0.25) is 11.9 Å². The van der Waals surface area contributed by atoms with Gasteiger partial charge in [0.1, 0.15) is 5.69 Å². The second kappa shape index (κ2) is 8.22. The molecule has 0 saturated carbocycles. The first kappa shape index (κ1) is 18.8. The molecule has 4 rings (SSSR count). The first-order valence-electron chi connectivity index (χ1n) is 9.59. The molecule has 1 fully saturated rings. The molecule has 3 aromatic rings. The fraction of sp³-hybridized carbons (Fsp3) is 0.286. The number of carbonyl (C=O) groups excluding carboxylic acids is 1. The van der Waals surface area contributed by atoms with Crippen molar-refractivity contribution in [2.75, 3.05) is 36.4 Å². The van der Waals surface area contributed by atoms with Crippen molar-refractivity contribution in [3.8, 4) is 0 Å². The number of rotatable bonds is 4. The second-order valence-electron chi connectivity index (χ2n) is 7.02. The molecule has 0 aliphatic carbocycles. The van der Waals surface area contributed by atoms with Crippen molar-refractivity contribution in [2.45, 2.75) is 13.8 Å². The van der Waals surface area contributed by atoms with Crippen LogP contribution in [0.2, 0.25) is 0 Å². The van der Waals surface area contributed by atoms with E-state index < -0.39 is 0 Å². The third-order valence-corrected chi connectivity index (χ3v) is 5.04. The molecule has 1 saturated heterocycles. The summed E-state index contributed by atoms with van der Waals surface area (Å²) in [5.41, 5.74) is 3.69. The molecule has 148 valence electrons. The molecular formula is C21H23N7O. The molecule has 1 amide bonds. The van der Waals surface area contributed by atoms with Gasteiger partial charge in [-0.1, -0.05) is 6.07 Å². The van der Waals surface area contributed by atoms with Gasteiger partial charge in [-0.3, -0.25) is 4.79 Å². The highest BCUT2D eigenvalue weighted by Crippen LogP contribution is 2.18. The minimum Gasteiger partial charge on any atom is -0.337 e. The van der Waals surface area contributed by atoms with E-state index in [0.29, 0.717) is 43.8 Å². The summed E-state index contributed by atoms with van der Waals surface area (Å²) in [4.78, 5) is 34.0. The van der Waals surface area contributed by atoms with Gasteiger partial charge in [0.25, 0.3) is 5.91 Å². The Morgan fingerprint density at radius 3 is 2.41 bits per heavy atom. The van der Waals surface area contributed by atoms with Crippen molar-refractivity contribution in [1.29, 1.82) is 0 Å². The Labute approximate surface area is 169 Å². The number of hydrogen-bond donors (Lipinski definition) is 1. The Kier molecular flexibility index (Phi) is 5.33. The van der Waals surface area contributed by atoms with Gasteiger partial charge in [0.15, 0.2) is 0 Å². The fourth-order valence-corrected chi connectivity index (χ4v) is 3.21.